The van der Waals surface area contributed by atoms with Crippen LogP contribution in [0.25, 0.3) is 0 Å². The molecular formula is C13H13ClFNO4S. The number of nitrogens with zero attached hydrogens (tertiary/aromatic N) is 1. The van der Waals surface area contributed by atoms with E-state index in [0.29, 0.717) is 19.3 Å². The van der Waals surface area contributed by atoms with Crippen molar-refractivity contribution in [2.75, 3.05) is 0 Å². The molecule has 2 saturated heterocycles. The maximum absolute atomic E-state index is 13.2. The monoisotopic (exact) mass is 333 g/mol. The average molecular weight is 334 g/mol. The molecule has 2 aliphatic rings. The van der Waals surface area contributed by atoms with Gasteiger partial charge in [-0.15, -0.1) is 0 Å². The van der Waals surface area contributed by atoms with Gasteiger partial charge in [-0.2, -0.15) is 4.31 Å². The maximum Gasteiger partial charge on any atom is 0.308 e. The van der Waals surface area contributed by atoms with Crippen LogP contribution in [0.15, 0.2) is 23.1 Å². The second kappa shape index (κ2) is 4.93. The van der Waals surface area contributed by atoms with Gasteiger partial charge in [0.05, 0.1) is 15.8 Å². The van der Waals surface area contributed by atoms with E-state index in [1.54, 1.807) is 0 Å². The van der Waals surface area contributed by atoms with Crippen LogP contribution in [0, 0.1) is 11.7 Å². The number of fused-ring (bicyclic) bond motifs is 2. The molecule has 114 valence electrons. The highest BCUT2D eigenvalue weighted by Crippen LogP contribution is 2.45. The minimum Gasteiger partial charge on any atom is -0.481 e. The van der Waals surface area contributed by atoms with Gasteiger partial charge in [-0.05, 0) is 37.5 Å². The molecule has 2 fully saturated rings. The van der Waals surface area contributed by atoms with Crippen molar-refractivity contribution < 1.29 is 22.7 Å². The van der Waals surface area contributed by atoms with Crippen LogP contribution < -0.4 is 0 Å². The van der Waals surface area contributed by atoms with E-state index in [9.17, 15) is 22.7 Å². The highest BCUT2D eigenvalue weighted by molar-refractivity contribution is 7.89. The number of hydrogen-bond donors (Lipinski definition) is 1. The van der Waals surface area contributed by atoms with Crippen LogP contribution in [0.4, 0.5) is 4.39 Å². The Bertz CT molecular complexity index is 708. The fourth-order valence-corrected chi connectivity index (χ4v) is 5.53. The number of hydrogen-bond acceptors (Lipinski definition) is 3. The van der Waals surface area contributed by atoms with Gasteiger partial charge in [0, 0.05) is 12.1 Å². The Labute approximate surface area is 126 Å². The molecule has 0 aliphatic carbocycles. The molecule has 2 heterocycles. The lowest BCUT2D eigenvalue weighted by atomic mass is 9.89. The summed E-state index contributed by atoms with van der Waals surface area (Å²) in [5.74, 6) is -2.34. The number of carboxylic acids is 1. The molecule has 1 aromatic rings. The average Bonchev–Trinajstić information content (AvgIpc) is 3.00. The first-order valence-electron chi connectivity index (χ1n) is 6.54. The van der Waals surface area contributed by atoms with E-state index in [-0.39, 0.29) is 16.0 Å². The van der Waals surface area contributed by atoms with Crippen molar-refractivity contribution in [2.45, 2.75) is 36.2 Å². The molecule has 1 aromatic carbocycles. The van der Waals surface area contributed by atoms with Crippen molar-refractivity contribution >= 4 is 27.6 Å². The van der Waals surface area contributed by atoms with E-state index in [1.807, 2.05) is 0 Å². The van der Waals surface area contributed by atoms with Crippen LogP contribution in [0.5, 0.6) is 0 Å². The van der Waals surface area contributed by atoms with Crippen LogP contribution in [0.3, 0.4) is 0 Å². The molecule has 21 heavy (non-hydrogen) atoms. The van der Waals surface area contributed by atoms with Crippen molar-refractivity contribution in [1.29, 1.82) is 0 Å². The van der Waals surface area contributed by atoms with E-state index >= 15 is 0 Å². The summed E-state index contributed by atoms with van der Waals surface area (Å²) in [6, 6.07) is 2.40. The van der Waals surface area contributed by atoms with Crippen molar-refractivity contribution in [3.05, 3.63) is 29.0 Å². The minimum atomic E-state index is -3.86. The van der Waals surface area contributed by atoms with Crippen LogP contribution in [0.1, 0.15) is 19.3 Å². The number of rotatable bonds is 3. The van der Waals surface area contributed by atoms with Crippen molar-refractivity contribution in [1.82, 2.24) is 4.31 Å². The van der Waals surface area contributed by atoms with Gasteiger partial charge < -0.3 is 5.11 Å². The fourth-order valence-electron chi connectivity index (χ4n) is 3.34. The SMILES string of the molecule is O=C(O)C1CC2CCC1N2S(=O)(=O)c1ccc(F)c(Cl)c1. The van der Waals surface area contributed by atoms with Gasteiger partial charge in [0.15, 0.2) is 0 Å². The molecule has 0 spiro atoms. The number of carboxylic acid groups (broad SMARTS) is 1. The van der Waals surface area contributed by atoms with Crippen LogP contribution >= 0.6 is 11.6 Å². The van der Waals surface area contributed by atoms with Crippen molar-refractivity contribution in [3.8, 4) is 0 Å². The van der Waals surface area contributed by atoms with E-state index in [2.05, 4.69) is 0 Å². The van der Waals surface area contributed by atoms with E-state index in [0.717, 1.165) is 18.2 Å². The summed E-state index contributed by atoms with van der Waals surface area (Å²) >= 11 is 5.64. The topological polar surface area (TPSA) is 74.7 Å². The van der Waals surface area contributed by atoms with Crippen LogP contribution in [-0.4, -0.2) is 35.9 Å². The standard InChI is InChI=1S/C13H13ClFNO4S/c14-10-6-8(2-3-11(10)15)21(19,20)16-7-1-4-12(16)9(5-7)13(17)18/h2-3,6-7,9,12H,1,4-5H2,(H,17,18). The molecule has 3 rings (SSSR count). The third-order valence-corrected chi connectivity index (χ3v) is 6.52. The first-order valence-corrected chi connectivity index (χ1v) is 8.35. The second-order valence-corrected chi connectivity index (χ2v) is 7.64. The van der Waals surface area contributed by atoms with Gasteiger partial charge in [-0.3, -0.25) is 4.79 Å². The number of carbonyl (C=O) groups is 1. The largest absolute Gasteiger partial charge is 0.481 e. The van der Waals surface area contributed by atoms with Gasteiger partial charge >= 0.3 is 5.97 Å². The lowest BCUT2D eigenvalue weighted by Gasteiger charge is -2.22. The Hall–Kier alpha value is -1.18. The predicted octanol–water partition coefficient (Wildman–Crippen LogP) is 2.11. The molecule has 0 radical (unpaired) electrons. The Balaban J connectivity index is 1.99. The zero-order valence-corrected chi connectivity index (χ0v) is 12.4. The Morgan fingerprint density at radius 3 is 2.67 bits per heavy atom. The summed E-state index contributed by atoms with van der Waals surface area (Å²) in [6.45, 7) is 0. The molecule has 3 atom stereocenters. The quantitative estimate of drug-likeness (QED) is 0.919. The van der Waals surface area contributed by atoms with Crippen molar-refractivity contribution in [2.24, 2.45) is 5.92 Å². The smallest absolute Gasteiger partial charge is 0.308 e. The molecule has 8 heteroatoms. The molecular weight excluding hydrogens is 321 g/mol. The molecule has 0 aromatic heterocycles. The third-order valence-electron chi connectivity index (χ3n) is 4.26. The molecule has 2 aliphatic heterocycles. The van der Waals surface area contributed by atoms with E-state index in [1.165, 1.54) is 4.31 Å². The van der Waals surface area contributed by atoms with Crippen LogP contribution in [0.2, 0.25) is 5.02 Å². The van der Waals surface area contributed by atoms with Crippen LogP contribution in [-0.2, 0) is 14.8 Å². The highest BCUT2D eigenvalue weighted by atomic mass is 35.5. The summed E-state index contributed by atoms with van der Waals surface area (Å²) in [7, 11) is -3.86. The maximum atomic E-state index is 13.2. The highest BCUT2D eigenvalue weighted by Gasteiger charge is 2.54. The second-order valence-electron chi connectivity index (χ2n) is 5.39. The summed E-state index contributed by atoms with van der Waals surface area (Å²) in [6.07, 6.45) is 1.52. The summed E-state index contributed by atoms with van der Waals surface area (Å²) in [4.78, 5) is 11.1. The molecule has 0 amide bonds. The summed E-state index contributed by atoms with van der Waals surface area (Å²) in [5, 5.41) is 8.91. The first-order chi connectivity index (χ1) is 9.82. The predicted molar refractivity (Wildman–Crippen MR) is 73.0 cm³/mol. The van der Waals surface area contributed by atoms with E-state index in [4.69, 9.17) is 11.6 Å². The Morgan fingerprint density at radius 1 is 1.38 bits per heavy atom. The number of halogens is 2. The number of sulfonamides is 1. The lowest BCUT2D eigenvalue weighted by Crippen LogP contribution is -2.37. The van der Waals surface area contributed by atoms with Gasteiger partial charge in [0.2, 0.25) is 10.0 Å². The van der Waals surface area contributed by atoms with Crippen molar-refractivity contribution in [3.63, 3.8) is 0 Å². The Kier molecular flexibility index (Phi) is 3.46. The number of benzene rings is 1. The summed E-state index contributed by atoms with van der Waals surface area (Å²) in [5.41, 5.74) is 0. The lowest BCUT2D eigenvalue weighted by molar-refractivity contribution is -0.142. The molecule has 0 saturated carbocycles. The van der Waals surface area contributed by atoms with Gasteiger partial charge in [-0.1, -0.05) is 11.6 Å². The number of aliphatic carboxylic acids is 1. The molecule has 1 N–H and O–H groups in total. The zero-order chi connectivity index (χ0) is 15.4. The fraction of sp³-hybridized carbons (Fsp3) is 0.462. The van der Waals surface area contributed by atoms with E-state index < -0.39 is 33.8 Å². The molecule has 2 bridgehead atoms. The normalized spacial score (nSPS) is 29.0. The molecule has 3 unspecified atom stereocenters. The summed E-state index contributed by atoms with van der Waals surface area (Å²) < 4.78 is 39.8. The zero-order valence-electron chi connectivity index (χ0n) is 10.9. The minimum absolute atomic E-state index is 0.100. The molecule has 5 nitrogen and oxygen atoms in total. The first kappa shape index (κ1) is 14.7. The van der Waals surface area contributed by atoms with Gasteiger partial charge in [-0.25, -0.2) is 12.8 Å². The van der Waals surface area contributed by atoms with Gasteiger partial charge in [0.25, 0.3) is 0 Å². The Morgan fingerprint density at radius 2 is 2.10 bits per heavy atom. The third kappa shape index (κ3) is 2.23. The van der Waals surface area contributed by atoms with Gasteiger partial charge in [0.1, 0.15) is 5.82 Å².